The first-order valence-electron chi connectivity index (χ1n) is 5.78. The zero-order valence-electron chi connectivity index (χ0n) is 11.5. The second kappa shape index (κ2) is 5.13. The Bertz CT molecular complexity index is 280. The Morgan fingerprint density at radius 2 is 1.62 bits per heavy atom. The molecule has 1 rings (SSSR count). The lowest BCUT2D eigenvalue weighted by Gasteiger charge is -2.47. The van der Waals surface area contributed by atoms with Crippen LogP contribution in [0, 0.1) is 0 Å². The molecular formula is C13H25N3. The Balaban J connectivity index is 3.11. The van der Waals surface area contributed by atoms with Gasteiger partial charge >= 0.3 is 0 Å². The lowest BCUT2D eigenvalue weighted by atomic mass is 9.96. The third kappa shape index (κ3) is 2.37. The van der Waals surface area contributed by atoms with Crippen LogP contribution in [0.15, 0.2) is 23.8 Å². The van der Waals surface area contributed by atoms with Crippen molar-refractivity contribution in [3.8, 4) is 0 Å². The summed E-state index contributed by atoms with van der Waals surface area (Å²) in [5.41, 5.74) is 1.37. The van der Waals surface area contributed by atoms with Gasteiger partial charge in [0.1, 0.15) is 5.66 Å². The van der Waals surface area contributed by atoms with E-state index >= 15 is 0 Å². The molecule has 92 valence electrons. The number of hydrogen-bond acceptors (Lipinski definition) is 3. The topological polar surface area (TPSA) is 9.72 Å². The summed E-state index contributed by atoms with van der Waals surface area (Å²) in [6.07, 6.45) is 7.87. The van der Waals surface area contributed by atoms with Crippen molar-refractivity contribution in [3.05, 3.63) is 23.8 Å². The normalized spacial score (nSPS) is 16.7. The Hall–Kier alpha value is -0.640. The molecule has 0 spiro atoms. The maximum Gasteiger partial charge on any atom is 0.112 e. The summed E-state index contributed by atoms with van der Waals surface area (Å²) in [5, 5.41) is 0. The summed E-state index contributed by atoms with van der Waals surface area (Å²) in [6.45, 7) is 0.989. The first-order chi connectivity index (χ1) is 7.41. The van der Waals surface area contributed by atoms with Crippen molar-refractivity contribution in [2.24, 2.45) is 0 Å². The SMILES string of the molecule is CN(C)CC(C1=CCC=C1)(N(C)C)N(C)C. The van der Waals surface area contributed by atoms with Crippen LogP contribution in [0.5, 0.6) is 0 Å². The van der Waals surface area contributed by atoms with Crippen molar-refractivity contribution in [1.82, 2.24) is 14.7 Å². The Kier molecular flexibility index (Phi) is 4.30. The number of rotatable bonds is 5. The average Bonchev–Trinajstić information content (AvgIpc) is 2.65. The smallest absolute Gasteiger partial charge is 0.112 e. The molecule has 16 heavy (non-hydrogen) atoms. The van der Waals surface area contributed by atoms with Crippen molar-refractivity contribution in [3.63, 3.8) is 0 Å². The van der Waals surface area contributed by atoms with Gasteiger partial charge in [-0.05, 0) is 54.3 Å². The van der Waals surface area contributed by atoms with Crippen LogP contribution in [0.1, 0.15) is 6.42 Å². The minimum Gasteiger partial charge on any atom is -0.306 e. The van der Waals surface area contributed by atoms with E-state index in [1.165, 1.54) is 5.57 Å². The maximum atomic E-state index is 2.32. The van der Waals surface area contributed by atoms with E-state index in [1.54, 1.807) is 0 Å². The van der Waals surface area contributed by atoms with Gasteiger partial charge in [-0.25, -0.2) is 0 Å². The van der Waals surface area contributed by atoms with E-state index < -0.39 is 0 Å². The summed E-state index contributed by atoms with van der Waals surface area (Å²) in [5.74, 6) is 0. The highest BCUT2D eigenvalue weighted by Crippen LogP contribution is 2.30. The van der Waals surface area contributed by atoms with E-state index in [0.29, 0.717) is 0 Å². The lowest BCUT2D eigenvalue weighted by Crippen LogP contribution is -2.61. The van der Waals surface area contributed by atoms with Gasteiger partial charge in [-0.1, -0.05) is 18.2 Å². The van der Waals surface area contributed by atoms with Crippen molar-refractivity contribution in [2.75, 3.05) is 48.8 Å². The first-order valence-corrected chi connectivity index (χ1v) is 5.78. The molecule has 0 radical (unpaired) electrons. The fraction of sp³-hybridized carbons (Fsp3) is 0.692. The summed E-state index contributed by atoms with van der Waals surface area (Å²) in [7, 11) is 12.8. The highest BCUT2D eigenvalue weighted by Gasteiger charge is 2.38. The van der Waals surface area contributed by atoms with E-state index in [2.05, 4.69) is 75.2 Å². The maximum absolute atomic E-state index is 2.32. The van der Waals surface area contributed by atoms with Gasteiger partial charge in [0.05, 0.1) is 0 Å². The molecule has 0 aromatic rings. The largest absolute Gasteiger partial charge is 0.306 e. The van der Waals surface area contributed by atoms with Crippen LogP contribution in [-0.2, 0) is 0 Å². The van der Waals surface area contributed by atoms with Crippen LogP contribution in [-0.4, -0.2) is 69.2 Å². The fourth-order valence-corrected chi connectivity index (χ4v) is 2.49. The van der Waals surface area contributed by atoms with Crippen LogP contribution in [0.2, 0.25) is 0 Å². The van der Waals surface area contributed by atoms with Crippen molar-refractivity contribution < 1.29 is 0 Å². The molecule has 0 N–H and O–H groups in total. The molecule has 0 aliphatic heterocycles. The number of allylic oxidation sites excluding steroid dienone is 2. The third-order valence-corrected chi connectivity index (χ3v) is 3.25. The second-order valence-electron chi connectivity index (χ2n) is 5.14. The molecule has 0 saturated heterocycles. The van der Waals surface area contributed by atoms with E-state index in [0.717, 1.165) is 13.0 Å². The molecule has 0 atom stereocenters. The molecule has 3 nitrogen and oxygen atoms in total. The summed E-state index contributed by atoms with van der Waals surface area (Å²) >= 11 is 0. The fourth-order valence-electron chi connectivity index (χ4n) is 2.49. The summed E-state index contributed by atoms with van der Waals surface area (Å²) in [4.78, 5) is 6.84. The Morgan fingerprint density at radius 3 is 1.94 bits per heavy atom. The Morgan fingerprint density at radius 1 is 1.06 bits per heavy atom. The number of nitrogens with zero attached hydrogens (tertiary/aromatic N) is 3. The van der Waals surface area contributed by atoms with Crippen LogP contribution >= 0.6 is 0 Å². The molecule has 0 aromatic carbocycles. The highest BCUT2D eigenvalue weighted by atomic mass is 15.4. The molecule has 1 aliphatic rings. The number of hydrogen-bond donors (Lipinski definition) is 0. The van der Waals surface area contributed by atoms with E-state index in [1.807, 2.05) is 0 Å². The minimum absolute atomic E-state index is 0.0312. The van der Waals surface area contributed by atoms with Gasteiger partial charge in [-0.15, -0.1) is 0 Å². The molecule has 3 heteroatoms. The predicted molar refractivity (Wildman–Crippen MR) is 70.5 cm³/mol. The van der Waals surface area contributed by atoms with Gasteiger partial charge < -0.3 is 4.90 Å². The van der Waals surface area contributed by atoms with E-state index in [-0.39, 0.29) is 5.66 Å². The van der Waals surface area contributed by atoms with Gasteiger partial charge in [0.15, 0.2) is 0 Å². The molecule has 0 amide bonds. The molecular weight excluding hydrogens is 198 g/mol. The Labute approximate surface area is 100 Å². The molecule has 1 aliphatic carbocycles. The standard InChI is InChI=1S/C13H25N3/c1-14(2)11-13(15(3)4,16(5)6)12-9-7-8-10-12/h7,9-10H,8,11H2,1-6H3. The van der Waals surface area contributed by atoms with E-state index in [9.17, 15) is 0 Å². The van der Waals surface area contributed by atoms with Crippen LogP contribution in [0.3, 0.4) is 0 Å². The van der Waals surface area contributed by atoms with Gasteiger partial charge in [0.25, 0.3) is 0 Å². The van der Waals surface area contributed by atoms with Crippen LogP contribution in [0.4, 0.5) is 0 Å². The number of likely N-dealkylation sites (N-methyl/N-ethyl adjacent to an activating group) is 3. The highest BCUT2D eigenvalue weighted by molar-refractivity contribution is 5.36. The molecule has 0 heterocycles. The first kappa shape index (κ1) is 13.4. The molecule has 0 bridgehead atoms. The zero-order valence-corrected chi connectivity index (χ0v) is 11.5. The van der Waals surface area contributed by atoms with Gasteiger partial charge in [-0.2, -0.15) is 0 Å². The summed E-state index contributed by atoms with van der Waals surface area (Å²) in [6, 6.07) is 0. The molecule has 0 aromatic heterocycles. The van der Waals surface area contributed by atoms with Crippen LogP contribution < -0.4 is 0 Å². The minimum atomic E-state index is -0.0312. The van der Waals surface area contributed by atoms with Crippen molar-refractivity contribution >= 4 is 0 Å². The summed E-state index contributed by atoms with van der Waals surface area (Å²) < 4.78 is 0. The quantitative estimate of drug-likeness (QED) is 0.650. The predicted octanol–water partition coefficient (Wildman–Crippen LogP) is 1.25. The monoisotopic (exact) mass is 223 g/mol. The average molecular weight is 223 g/mol. The molecule has 0 unspecified atom stereocenters. The zero-order chi connectivity index (χ0) is 12.3. The van der Waals surface area contributed by atoms with E-state index in [4.69, 9.17) is 0 Å². The lowest BCUT2D eigenvalue weighted by molar-refractivity contribution is 0.0190. The molecule has 0 fully saturated rings. The second-order valence-corrected chi connectivity index (χ2v) is 5.14. The van der Waals surface area contributed by atoms with Gasteiger partial charge in [0.2, 0.25) is 0 Å². The van der Waals surface area contributed by atoms with Crippen LogP contribution in [0.25, 0.3) is 0 Å². The van der Waals surface area contributed by atoms with Gasteiger partial charge in [-0.3, -0.25) is 9.80 Å². The van der Waals surface area contributed by atoms with Gasteiger partial charge in [0, 0.05) is 6.54 Å². The van der Waals surface area contributed by atoms with Crippen molar-refractivity contribution in [2.45, 2.75) is 12.1 Å². The van der Waals surface area contributed by atoms with Crippen molar-refractivity contribution in [1.29, 1.82) is 0 Å². The molecule has 0 saturated carbocycles. The third-order valence-electron chi connectivity index (χ3n) is 3.25.